The fourth-order valence-corrected chi connectivity index (χ4v) is 6.35. The van der Waals surface area contributed by atoms with E-state index in [2.05, 4.69) is 4.98 Å². The number of aromatic nitrogens is 2. The predicted octanol–water partition coefficient (Wildman–Crippen LogP) is 6.02. The highest BCUT2D eigenvalue weighted by atomic mass is 32.1. The quantitative estimate of drug-likeness (QED) is 0.333. The maximum Gasteiger partial charge on any atom is 0.304 e. The van der Waals surface area contributed by atoms with Crippen molar-refractivity contribution >= 4 is 40.1 Å². The largest absolute Gasteiger partial charge is 0.481 e. The van der Waals surface area contributed by atoms with E-state index < -0.39 is 11.9 Å². The van der Waals surface area contributed by atoms with Crippen LogP contribution in [-0.2, 0) is 14.4 Å². The van der Waals surface area contributed by atoms with E-state index in [9.17, 15) is 19.5 Å². The summed E-state index contributed by atoms with van der Waals surface area (Å²) in [6.45, 7) is 1.50. The Labute approximate surface area is 232 Å². The highest BCUT2D eigenvalue weighted by Gasteiger charge is 2.40. The van der Waals surface area contributed by atoms with Gasteiger partial charge in [-0.05, 0) is 42.9 Å². The molecule has 0 spiro atoms. The molecule has 1 aromatic carbocycles. The number of carboxylic acids is 1. The van der Waals surface area contributed by atoms with E-state index in [1.165, 1.54) is 23.2 Å². The van der Waals surface area contributed by atoms with E-state index in [0.29, 0.717) is 23.3 Å². The van der Waals surface area contributed by atoms with Crippen LogP contribution in [0, 0.1) is 11.8 Å². The molecule has 0 bridgehead atoms. The summed E-state index contributed by atoms with van der Waals surface area (Å²) >= 11 is 1.43. The Kier molecular flexibility index (Phi) is 8.07. The molecular weight excluding hydrogens is 512 g/mol. The summed E-state index contributed by atoms with van der Waals surface area (Å²) in [6.07, 6.45) is 8.54. The molecule has 2 saturated carbocycles. The molecule has 39 heavy (non-hydrogen) atoms. The Morgan fingerprint density at radius 1 is 1.05 bits per heavy atom. The number of benzene rings is 1. The highest BCUT2D eigenvalue weighted by Crippen LogP contribution is 2.40. The molecule has 204 valence electrons. The molecule has 2 aliphatic carbocycles. The van der Waals surface area contributed by atoms with Gasteiger partial charge >= 0.3 is 5.97 Å². The number of thiazole rings is 1. The minimum absolute atomic E-state index is 0.0848. The number of aliphatic carboxylic acids is 1. The van der Waals surface area contributed by atoms with E-state index in [0.717, 1.165) is 60.9 Å². The third kappa shape index (κ3) is 6.19. The lowest BCUT2D eigenvalue weighted by atomic mass is 9.90. The Morgan fingerprint density at radius 3 is 2.38 bits per heavy atom. The van der Waals surface area contributed by atoms with Crippen molar-refractivity contribution in [3.8, 4) is 22.4 Å². The smallest absolute Gasteiger partial charge is 0.304 e. The van der Waals surface area contributed by atoms with Crippen LogP contribution in [0.4, 0.5) is 10.9 Å². The average molecular weight is 547 g/mol. The first-order valence-electron chi connectivity index (χ1n) is 13.6. The van der Waals surface area contributed by atoms with Gasteiger partial charge in [-0.1, -0.05) is 49.9 Å². The van der Waals surface area contributed by atoms with Crippen LogP contribution < -0.4 is 9.80 Å². The fourth-order valence-electron chi connectivity index (χ4n) is 5.45. The second-order valence-electron chi connectivity index (χ2n) is 10.7. The molecule has 8 nitrogen and oxygen atoms in total. The second-order valence-corrected chi connectivity index (χ2v) is 11.5. The third-order valence-corrected chi connectivity index (χ3v) is 8.63. The highest BCUT2D eigenvalue weighted by molar-refractivity contribution is 7.14. The van der Waals surface area contributed by atoms with E-state index in [1.54, 1.807) is 18.1 Å². The van der Waals surface area contributed by atoms with Gasteiger partial charge in [-0.15, -0.1) is 11.3 Å². The molecular formula is C30H34N4O4S. The van der Waals surface area contributed by atoms with Gasteiger partial charge < -0.3 is 10.0 Å². The first-order chi connectivity index (χ1) is 18.8. The van der Waals surface area contributed by atoms with Crippen LogP contribution in [0.25, 0.3) is 22.4 Å². The SMILES string of the molecule is CC(=O)N(C)c1ccc(-c2ccccc2-c2csc(N(C(=O)[C@@H](CC(=O)O)CC3CCCC3)C3CC3)n2)cn1. The number of anilines is 2. The van der Waals surface area contributed by atoms with Gasteiger partial charge in [0.2, 0.25) is 11.8 Å². The summed E-state index contributed by atoms with van der Waals surface area (Å²) in [5.41, 5.74) is 3.53. The molecule has 0 aliphatic heterocycles. The average Bonchev–Trinajstić information content (AvgIpc) is 3.40. The number of nitrogens with zero attached hydrogens (tertiary/aromatic N) is 4. The lowest BCUT2D eigenvalue weighted by molar-refractivity contribution is -0.141. The molecule has 0 saturated heterocycles. The third-order valence-electron chi connectivity index (χ3n) is 7.79. The molecule has 2 aromatic heterocycles. The molecule has 5 rings (SSSR count). The topological polar surface area (TPSA) is 104 Å². The van der Waals surface area contributed by atoms with E-state index in [-0.39, 0.29) is 24.3 Å². The lowest BCUT2D eigenvalue weighted by Gasteiger charge is -2.26. The molecule has 2 heterocycles. The van der Waals surface area contributed by atoms with Gasteiger partial charge in [-0.2, -0.15) is 0 Å². The Morgan fingerprint density at radius 2 is 1.77 bits per heavy atom. The van der Waals surface area contributed by atoms with Crippen LogP contribution in [0.5, 0.6) is 0 Å². The summed E-state index contributed by atoms with van der Waals surface area (Å²) in [5, 5.41) is 12.2. The maximum absolute atomic E-state index is 13.8. The van der Waals surface area contributed by atoms with Gasteiger partial charge in [0.1, 0.15) is 5.82 Å². The van der Waals surface area contributed by atoms with Crippen molar-refractivity contribution in [2.45, 2.75) is 64.3 Å². The summed E-state index contributed by atoms with van der Waals surface area (Å²) in [6, 6.07) is 11.8. The molecule has 1 N–H and O–H groups in total. The van der Waals surface area contributed by atoms with Gasteiger partial charge in [0.15, 0.2) is 5.13 Å². The Bertz CT molecular complexity index is 1350. The number of hydrogen-bond donors (Lipinski definition) is 1. The Hall–Kier alpha value is -3.59. The molecule has 2 fully saturated rings. The number of pyridine rings is 1. The predicted molar refractivity (Wildman–Crippen MR) is 153 cm³/mol. The van der Waals surface area contributed by atoms with Gasteiger partial charge in [0, 0.05) is 48.6 Å². The molecule has 2 amide bonds. The number of carbonyl (C=O) groups is 3. The van der Waals surface area contributed by atoms with Gasteiger partial charge in [0.25, 0.3) is 0 Å². The van der Waals surface area contributed by atoms with Crippen molar-refractivity contribution in [1.29, 1.82) is 0 Å². The van der Waals surface area contributed by atoms with Gasteiger partial charge in [-0.25, -0.2) is 9.97 Å². The maximum atomic E-state index is 13.8. The van der Waals surface area contributed by atoms with Crippen molar-refractivity contribution in [2.24, 2.45) is 11.8 Å². The van der Waals surface area contributed by atoms with Crippen LogP contribution in [0.1, 0.15) is 58.3 Å². The van der Waals surface area contributed by atoms with Gasteiger partial charge in [0.05, 0.1) is 12.1 Å². The normalized spacial score (nSPS) is 16.2. The van der Waals surface area contributed by atoms with Crippen LogP contribution in [0.2, 0.25) is 0 Å². The first-order valence-corrected chi connectivity index (χ1v) is 14.5. The van der Waals surface area contributed by atoms with Crippen molar-refractivity contribution in [2.75, 3.05) is 16.8 Å². The first kappa shape index (κ1) is 27.0. The molecule has 3 aromatic rings. The molecule has 9 heteroatoms. The van der Waals surface area contributed by atoms with Crippen LogP contribution in [-0.4, -0.2) is 45.9 Å². The molecule has 0 unspecified atom stereocenters. The Balaban J connectivity index is 1.42. The summed E-state index contributed by atoms with van der Waals surface area (Å²) in [7, 11) is 1.69. The number of carboxylic acid groups (broad SMARTS) is 1. The fraction of sp³-hybridized carbons (Fsp3) is 0.433. The van der Waals surface area contributed by atoms with Crippen molar-refractivity contribution in [3.05, 3.63) is 48.0 Å². The minimum atomic E-state index is -0.926. The summed E-state index contributed by atoms with van der Waals surface area (Å²) in [4.78, 5) is 49.9. The van der Waals surface area contributed by atoms with E-state index in [1.807, 2.05) is 41.8 Å². The van der Waals surface area contributed by atoms with Gasteiger partial charge in [-0.3, -0.25) is 19.3 Å². The minimum Gasteiger partial charge on any atom is -0.481 e. The van der Waals surface area contributed by atoms with E-state index in [4.69, 9.17) is 4.98 Å². The zero-order chi connectivity index (χ0) is 27.5. The zero-order valence-corrected chi connectivity index (χ0v) is 23.2. The van der Waals surface area contributed by atoms with Crippen molar-refractivity contribution in [3.63, 3.8) is 0 Å². The lowest BCUT2D eigenvalue weighted by Crippen LogP contribution is -2.39. The number of amides is 2. The van der Waals surface area contributed by atoms with Crippen molar-refractivity contribution in [1.82, 2.24) is 9.97 Å². The number of rotatable bonds is 10. The van der Waals surface area contributed by atoms with Crippen LogP contribution in [0.3, 0.4) is 0 Å². The monoisotopic (exact) mass is 546 g/mol. The molecule has 0 radical (unpaired) electrons. The van der Waals surface area contributed by atoms with Crippen molar-refractivity contribution < 1.29 is 19.5 Å². The van der Waals surface area contributed by atoms with Crippen LogP contribution in [0.15, 0.2) is 48.0 Å². The number of hydrogen-bond acceptors (Lipinski definition) is 6. The summed E-state index contributed by atoms with van der Waals surface area (Å²) < 4.78 is 0. The zero-order valence-electron chi connectivity index (χ0n) is 22.4. The summed E-state index contributed by atoms with van der Waals surface area (Å²) in [5.74, 6) is -0.641. The standard InChI is InChI=1S/C30H34N4O4S/c1-19(35)33(2)27-14-11-21(17-31-27)24-9-5-6-10-25(24)26-18-39-30(32-26)34(23-12-13-23)29(38)22(16-28(36)37)15-20-7-3-4-8-20/h5-6,9-11,14,17-18,20,22-23H,3-4,7-8,12-13,15-16H2,1-2H3,(H,36,37)/t22-/m1/s1. The second kappa shape index (κ2) is 11.7. The molecule has 2 aliphatic rings. The van der Waals surface area contributed by atoms with E-state index >= 15 is 0 Å². The van der Waals surface area contributed by atoms with Crippen LogP contribution >= 0.6 is 11.3 Å². The molecule has 1 atom stereocenters. The number of carbonyl (C=O) groups excluding carboxylic acids is 2.